The Hall–Kier alpha value is -0.990. The maximum Gasteiger partial charge on any atom is 0.189 e. The van der Waals surface area contributed by atoms with Crippen LogP contribution in [0.4, 0.5) is 5.13 Å². The third-order valence-electron chi connectivity index (χ3n) is 2.50. The van der Waals surface area contributed by atoms with Gasteiger partial charge in [-0.1, -0.05) is 0 Å². The molecule has 0 saturated heterocycles. The van der Waals surface area contributed by atoms with Gasteiger partial charge in [0.15, 0.2) is 20.1 Å². The van der Waals surface area contributed by atoms with Crippen molar-refractivity contribution in [1.29, 1.82) is 0 Å². The molecular formula is C10H13N3O2S3. The number of sulfone groups is 1. The van der Waals surface area contributed by atoms with Gasteiger partial charge in [-0.15, -0.1) is 11.3 Å². The second kappa shape index (κ2) is 4.94. The highest BCUT2D eigenvalue weighted by molar-refractivity contribution is 7.94. The number of nitrogens with one attached hydrogen (secondary N) is 2. The van der Waals surface area contributed by atoms with Crippen LogP contribution in [0.3, 0.4) is 0 Å². The summed E-state index contributed by atoms with van der Waals surface area (Å²) >= 11 is 6.63. The highest BCUT2D eigenvalue weighted by Crippen LogP contribution is 2.21. The molecule has 0 radical (unpaired) electrons. The number of hydrogen-bond donors (Lipinski definition) is 2. The van der Waals surface area contributed by atoms with Gasteiger partial charge in [0, 0.05) is 10.3 Å². The average molecular weight is 303 g/mol. The summed E-state index contributed by atoms with van der Waals surface area (Å²) in [7, 11) is -3.06. The van der Waals surface area contributed by atoms with E-state index in [0.29, 0.717) is 10.2 Å². The lowest BCUT2D eigenvalue weighted by Crippen LogP contribution is -2.38. The number of aryl methyl sites for hydroxylation is 2. The lowest BCUT2D eigenvalue weighted by atomic mass is 10.3. The molecule has 1 aromatic rings. The van der Waals surface area contributed by atoms with E-state index in [0.717, 1.165) is 10.6 Å². The number of rotatable bonds is 2. The van der Waals surface area contributed by atoms with Gasteiger partial charge in [0.25, 0.3) is 0 Å². The van der Waals surface area contributed by atoms with Gasteiger partial charge in [0.1, 0.15) is 0 Å². The van der Waals surface area contributed by atoms with Gasteiger partial charge >= 0.3 is 0 Å². The molecule has 1 atom stereocenters. The molecule has 0 unspecified atom stereocenters. The van der Waals surface area contributed by atoms with Gasteiger partial charge in [0.2, 0.25) is 0 Å². The number of nitrogens with zero attached hydrogens (tertiary/aromatic N) is 1. The summed E-state index contributed by atoms with van der Waals surface area (Å²) in [5.74, 6) is 0.0464. The van der Waals surface area contributed by atoms with Crippen LogP contribution in [0.2, 0.25) is 0 Å². The topological polar surface area (TPSA) is 71.1 Å². The minimum atomic E-state index is -3.06. The van der Waals surface area contributed by atoms with E-state index in [9.17, 15) is 8.42 Å². The van der Waals surface area contributed by atoms with Gasteiger partial charge in [-0.2, -0.15) is 0 Å². The summed E-state index contributed by atoms with van der Waals surface area (Å²) in [5.41, 5.74) is 0.966. The molecular weight excluding hydrogens is 290 g/mol. The number of aromatic nitrogens is 1. The Balaban J connectivity index is 1.92. The van der Waals surface area contributed by atoms with Gasteiger partial charge in [-0.3, -0.25) is 0 Å². The van der Waals surface area contributed by atoms with E-state index in [1.807, 2.05) is 13.8 Å². The van der Waals surface area contributed by atoms with Crippen LogP contribution in [-0.4, -0.2) is 30.3 Å². The Labute approximate surface area is 115 Å². The van der Waals surface area contributed by atoms with Crippen molar-refractivity contribution in [2.24, 2.45) is 0 Å². The van der Waals surface area contributed by atoms with Crippen LogP contribution >= 0.6 is 23.6 Å². The Morgan fingerprint density at radius 1 is 1.56 bits per heavy atom. The second-order valence-electron chi connectivity index (χ2n) is 4.02. The molecule has 0 fully saturated rings. The largest absolute Gasteiger partial charge is 0.355 e. The smallest absolute Gasteiger partial charge is 0.189 e. The highest BCUT2D eigenvalue weighted by atomic mass is 32.2. The third kappa shape index (κ3) is 3.27. The minimum absolute atomic E-state index is 0.0464. The van der Waals surface area contributed by atoms with E-state index < -0.39 is 9.84 Å². The molecule has 0 amide bonds. The fraction of sp³-hybridized carbons (Fsp3) is 0.400. The molecule has 98 valence electrons. The van der Waals surface area contributed by atoms with E-state index in [1.165, 1.54) is 16.7 Å². The van der Waals surface area contributed by atoms with Crippen LogP contribution in [0, 0.1) is 13.8 Å². The van der Waals surface area contributed by atoms with Crippen LogP contribution < -0.4 is 10.6 Å². The third-order valence-corrected chi connectivity index (χ3v) is 5.10. The Bertz CT molecular complexity index is 584. The van der Waals surface area contributed by atoms with Crippen LogP contribution in [0.5, 0.6) is 0 Å². The molecule has 0 aliphatic carbocycles. The molecule has 1 aromatic heterocycles. The Morgan fingerprint density at radius 2 is 2.28 bits per heavy atom. The Kier molecular flexibility index (Phi) is 3.69. The van der Waals surface area contributed by atoms with Gasteiger partial charge in [-0.05, 0) is 32.1 Å². The predicted octanol–water partition coefficient (Wildman–Crippen LogP) is 1.36. The van der Waals surface area contributed by atoms with Gasteiger partial charge in [0.05, 0.1) is 17.5 Å². The summed E-state index contributed by atoms with van der Waals surface area (Å²) < 4.78 is 22.5. The Morgan fingerprint density at radius 3 is 2.78 bits per heavy atom. The number of thiazole rings is 1. The van der Waals surface area contributed by atoms with Crippen molar-refractivity contribution in [3.05, 3.63) is 22.1 Å². The van der Waals surface area contributed by atoms with E-state index in [1.54, 1.807) is 6.08 Å². The summed E-state index contributed by atoms with van der Waals surface area (Å²) in [6, 6.07) is -0.267. The summed E-state index contributed by atoms with van der Waals surface area (Å²) in [6.07, 6.45) is 1.60. The lowest BCUT2D eigenvalue weighted by Gasteiger charge is -2.12. The van der Waals surface area contributed by atoms with Crippen molar-refractivity contribution in [2.75, 3.05) is 11.1 Å². The van der Waals surface area contributed by atoms with E-state index in [2.05, 4.69) is 15.6 Å². The first-order chi connectivity index (χ1) is 8.35. The zero-order chi connectivity index (χ0) is 13.3. The average Bonchev–Trinajstić information content (AvgIpc) is 2.71. The van der Waals surface area contributed by atoms with Crippen LogP contribution in [0.25, 0.3) is 0 Å². The zero-order valence-corrected chi connectivity index (χ0v) is 12.4. The predicted molar refractivity (Wildman–Crippen MR) is 77.7 cm³/mol. The molecule has 18 heavy (non-hydrogen) atoms. The first-order valence-electron chi connectivity index (χ1n) is 5.28. The van der Waals surface area contributed by atoms with E-state index in [4.69, 9.17) is 12.2 Å². The monoisotopic (exact) mass is 303 g/mol. The first kappa shape index (κ1) is 13.4. The quantitative estimate of drug-likeness (QED) is 0.804. The molecule has 5 nitrogen and oxygen atoms in total. The van der Waals surface area contributed by atoms with Crippen molar-refractivity contribution in [3.8, 4) is 0 Å². The molecule has 8 heteroatoms. The molecule has 0 bridgehead atoms. The van der Waals surface area contributed by atoms with E-state index >= 15 is 0 Å². The van der Waals surface area contributed by atoms with Gasteiger partial charge < -0.3 is 10.6 Å². The van der Waals surface area contributed by atoms with Crippen LogP contribution in [0.15, 0.2) is 11.5 Å². The molecule has 0 saturated carbocycles. The van der Waals surface area contributed by atoms with Crippen molar-refractivity contribution >= 4 is 43.6 Å². The van der Waals surface area contributed by atoms with Crippen molar-refractivity contribution in [3.63, 3.8) is 0 Å². The number of anilines is 1. The fourth-order valence-electron chi connectivity index (χ4n) is 1.49. The summed E-state index contributed by atoms with van der Waals surface area (Å²) in [6.45, 7) is 3.92. The van der Waals surface area contributed by atoms with Crippen molar-refractivity contribution in [2.45, 2.75) is 19.9 Å². The normalized spacial score (nSPS) is 20.9. The van der Waals surface area contributed by atoms with E-state index in [-0.39, 0.29) is 11.8 Å². The maximum atomic E-state index is 11.2. The van der Waals surface area contributed by atoms with Crippen molar-refractivity contribution in [1.82, 2.24) is 10.3 Å². The molecule has 2 rings (SSSR count). The van der Waals surface area contributed by atoms with Crippen molar-refractivity contribution < 1.29 is 8.42 Å². The van der Waals surface area contributed by atoms with Gasteiger partial charge in [-0.25, -0.2) is 13.4 Å². The standard InChI is InChI=1S/C10H13N3O2S3/c1-6-7(2)17-10(11-6)13-9(16)12-8-3-4-18(14,15)5-8/h3-4,8H,5H2,1-2H3,(H2,11,12,13,16)/t8-/m0/s1. The first-order valence-corrected chi connectivity index (χ1v) is 8.22. The number of thiocarbonyl (C=S) groups is 1. The molecule has 2 N–H and O–H groups in total. The lowest BCUT2D eigenvalue weighted by molar-refractivity contribution is 0.603. The second-order valence-corrected chi connectivity index (χ2v) is 7.57. The minimum Gasteiger partial charge on any atom is -0.355 e. The molecule has 0 spiro atoms. The molecule has 2 heterocycles. The van der Waals surface area contributed by atoms with Crippen LogP contribution in [0.1, 0.15) is 10.6 Å². The fourth-order valence-corrected chi connectivity index (χ4v) is 3.86. The highest BCUT2D eigenvalue weighted by Gasteiger charge is 2.22. The summed E-state index contributed by atoms with van der Waals surface area (Å²) in [4.78, 5) is 5.43. The molecule has 1 aliphatic rings. The van der Waals surface area contributed by atoms with Crippen LogP contribution in [-0.2, 0) is 9.84 Å². The molecule has 1 aliphatic heterocycles. The maximum absolute atomic E-state index is 11.2. The zero-order valence-electron chi connectivity index (χ0n) is 9.93. The number of hydrogen-bond acceptors (Lipinski definition) is 5. The molecule has 0 aromatic carbocycles. The summed E-state index contributed by atoms with van der Waals surface area (Å²) in [5, 5.41) is 8.20. The SMILES string of the molecule is Cc1nc(NC(=S)N[C@H]2C=CS(=O)(=O)C2)sc1C.